The van der Waals surface area contributed by atoms with E-state index in [0.29, 0.717) is 13.0 Å². The van der Waals surface area contributed by atoms with E-state index in [9.17, 15) is 4.79 Å². The first-order chi connectivity index (χ1) is 7.81. The van der Waals surface area contributed by atoms with Gasteiger partial charge in [0.15, 0.2) is 0 Å². The summed E-state index contributed by atoms with van der Waals surface area (Å²) in [5, 5.41) is 17.6. The van der Waals surface area contributed by atoms with Gasteiger partial charge in [-0.3, -0.25) is 15.6 Å². The summed E-state index contributed by atoms with van der Waals surface area (Å²) in [5.41, 5.74) is 5.59. The van der Waals surface area contributed by atoms with Crippen LogP contribution in [0.15, 0.2) is 0 Å². The maximum absolute atomic E-state index is 10.9. The molecule has 0 rings (SSSR count). The highest BCUT2D eigenvalue weighted by atomic mass is 16.4. The van der Waals surface area contributed by atoms with Crippen LogP contribution < -0.4 is 16.2 Å². The number of carbonyl (C=O) groups excluding carboxylic acids is 1. The van der Waals surface area contributed by atoms with Gasteiger partial charge in [0.05, 0.1) is 0 Å². The molecule has 0 aromatic heterocycles. The van der Waals surface area contributed by atoms with E-state index in [1.165, 1.54) is 0 Å². The fourth-order valence-corrected chi connectivity index (χ4v) is 0.695. The SMILES string of the molecule is CNNCCC(=O)NC(C)C.O=C(O)C(=O)O. The minimum Gasteiger partial charge on any atom is -0.473 e. The van der Waals surface area contributed by atoms with Gasteiger partial charge in [-0.25, -0.2) is 9.59 Å². The Morgan fingerprint density at radius 1 is 1.12 bits per heavy atom. The standard InChI is InChI=1S/C7H17N3O.C2H2O4/c1-6(2)10-7(11)4-5-9-8-3;3-1(4)2(5)6/h6,8-9H,4-5H2,1-3H3,(H,10,11);(H,3,4)(H,5,6). The average Bonchev–Trinajstić information content (AvgIpc) is 2.17. The molecular weight excluding hydrogens is 230 g/mol. The molecule has 0 radical (unpaired) electrons. The van der Waals surface area contributed by atoms with Crippen LogP contribution in [0.4, 0.5) is 0 Å². The summed E-state index contributed by atoms with van der Waals surface area (Å²) in [7, 11) is 1.78. The summed E-state index contributed by atoms with van der Waals surface area (Å²) in [6.45, 7) is 4.56. The average molecular weight is 249 g/mol. The zero-order chi connectivity index (χ0) is 13.8. The van der Waals surface area contributed by atoms with Gasteiger partial charge in [-0.05, 0) is 20.9 Å². The van der Waals surface area contributed by atoms with Gasteiger partial charge < -0.3 is 15.5 Å². The normalized spacial score (nSPS) is 9.18. The first-order valence-electron chi connectivity index (χ1n) is 4.96. The summed E-state index contributed by atoms with van der Waals surface area (Å²) >= 11 is 0. The summed E-state index contributed by atoms with van der Waals surface area (Å²) in [6, 6.07) is 0.233. The topological polar surface area (TPSA) is 128 Å². The predicted molar refractivity (Wildman–Crippen MR) is 60.2 cm³/mol. The number of carboxylic acids is 2. The maximum Gasteiger partial charge on any atom is 0.414 e. The van der Waals surface area contributed by atoms with Crippen LogP contribution in [0.25, 0.3) is 0 Å². The molecule has 8 heteroatoms. The lowest BCUT2D eigenvalue weighted by Crippen LogP contribution is -2.35. The highest BCUT2D eigenvalue weighted by Gasteiger charge is 2.04. The maximum atomic E-state index is 10.9. The molecule has 1 amide bonds. The third-order valence-corrected chi connectivity index (χ3v) is 1.29. The lowest BCUT2D eigenvalue weighted by Gasteiger charge is -2.07. The van der Waals surface area contributed by atoms with E-state index >= 15 is 0 Å². The molecule has 0 spiro atoms. The van der Waals surface area contributed by atoms with E-state index in [2.05, 4.69) is 16.2 Å². The largest absolute Gasteiger partial charge is 0.473 e. The van der Waals surface area contributed by atoms with Crippen molar-refractivity contribution in [2.24, 2.45) is 0 Å². The molecule has 0 aromatic carbocycles. The fourth-order valence-electron chi connectivity index (χ4n) is 0.695. The van der Waals surface area contributed by atoms with Crippen molar-refractivity contribution in [2.75, 3.05) is 13.6 Å². The quantitative estimate of drug-likeness (QED) is 0.235. The Hall–Kier alpha value is -1.67. The van der Waals surface area contributed by atoms with Crippen molar-refractivity contribution in [1.29, 1.82) is 0 Å². The molecule has 0 atom stereocenters. The molecule has 0 aliphatic rings. The Morgan fingerprint density at radius 2 is 1.59 bits per heavy atom. The molecule has 0 fully saturated rings. The van der Waals surface area contributed by atoms with Crippen molar-refractivity contribution in [3.63, 3.8) is 0 Å². The van der Waals surface area contributed by atoms with Crippen LogP contribution >= 0.6 is 0 Å². The minimum absolute atomic E-state index is 0.0859. The molecule has 0 saturated carbocycles. The van der Waals surface area contributed by atoms with Crippen molar-refractivity contribution in [3.8, 4) is 0 Å². The second-order valence-electron chi connectivity index (χ2n) is 3.26. The van der Waals surface area contributed by atoms with Gasteiger partial charge in [0.25, 0.3) is 0 Å². The van der Waals surface area contributed by atoms with Crippen molar-refractivity contribution < 1.29 is 24.6 Å². The van der Waals surface area contributed by atoms with Crippen LogP contribution in [0.3, 0.4) is 0 Å². The van der Waals surface area contributed by atoms with Gasteiger partial charge >= 0.3 is 11.9 Å². The van der Waals surface area contributed by atoms with E-state index in [-0.39, 0.29) is 11.9 Å². The van der Waals surface area contributed by atoms with E-state index < -0.39 is 11.9 Å². The molecule has 8 nitrogen and oxygen atoms in total. The van der Waals surface area contributed by atoms with Gasteiger partial charge in [-0.2, -0.15) is 0 Å². The number of carboxylic acid groups (broad SMARTS) is 2. The monoisotopic (exact) mass is 249 g/mol. The third kappa shape index (κ3) is 17.0. The minimum atomic E-state index is -1.82. The van der Waals surface area contributed by atoms with Gasteiger partial charge in [0.2, 0.25) is 5.91 Å². The van der Waals surface area contributed by atoms with Crippen LogP contribution in [-0.4, -0.2) is 47.7 Å². The first kappa shape index (κ1) is 17.7. The van der Waals surface area contributed by atoms with Gasteiger partial charge in [0.1, 0.15) is 0 Å². The number of aliphatic carboxylic acids is 2. The first-order valence-corrected chi connectivity index (χ1v) is 4.96. The van der Waals surface area contributed by atoms with E-state index in [1.54, 1.807) is 7.05 Å². The van der Waals surface area contributed by atoms with E-state index in [1.807, 2.05) is 13.8 Å². The molecule has 0 aromatic rings. The Bertz CT molecular complexity index is 243. The number of amides is 1. The molecule has 0 aliphatic carbocycles. The lowest BCUT2D eigenvalue weighted by atomic mass is 10.3. The fraction of sp³-hybridized carbons (Fsp3) is 0.667. The summed E-state index contributed by atoms with van der Waals surface area (Å²) in [6.07, 6.45) is 0.513. The summed E-state index contributed by atoms with van der Waals surface area (Å²) in [5.74, 6) is -3.56. The molecule has 17 heavy (non-hydrogen) atoms. The number of hydrogen-bond donors (Lipinski definition) is 5. The van der Waals surface area contributed by atoms with Crippen LogP contribution in [0.1, 0.15) is 20.3 Å². The highest BCUT2D eigenvalue weighted by Crippen LogP contribution is 1.80. The van der Waals surface area contributed by atoms with Gasteiger partial charge in [0, 0.05) is 19.0 Å². The number of hydrazine groups is 1. The Morgan fingerprint density at radius 3 is 1.88 bits per heavy atom. The van der Waals surface area contributed by atoms with Crippen LogP contribution in [0, 0.1) is 0 Å². The molecule has 0 saturated heterocycles. The molecule has 0 bridgehead atoms. The van der Waals surface area contributed by atoms with Crippen molar-refractivity contribution in [2.45, 2.75) is 26.3 Å². The van der Waals surface area contributed by atoms with Crippen LogP contribution in [-0.2, 0) is 14.4 Å². The smallest absolute Gasteiger partial charge is 0.414 e. The van der Waals surface area contributed by atoms with E-state index in [4.69, 9.17) is 19.8 Å². The van der Waals surface area contributed by atoms with Crippen molar-refractivity contribution in [3.05, 3.63) is 0 Å². The molecular formula is C9H19N3O5. The van der Waals surface area contributed by atoms with Crippen LogP contribution in [0.5, 0.6) is 0 Å². The van der Waals surface area contributed by atoms with Crippen LogP contribution in [0.2, 0.25) is 0 Å². The second kappa shape index (κ2) is 10.8. The van der Waals surface area contributed by atoms with E-state index in [0.717, 1.165) is 0 Å². The van der Waals surface area contributed by atoms with Crippen molar-refractivity contribution >= 4 is 17.8 Å². The summed E-state index contributed by atoms with van der Waals surface area (Å²) in [4.78, 5) is 29.1. The molecule has 0 heterocycles. The Kier molecular flexibility index (Phi) is 11.3. The molecule has 0 unspecified atom stereocenters. The van der Waals surface area contributed by atoms with Gasteiger partial charge in [-0.15, -0.1) is 0 Å². The Balaban J connectivity index is 0. The second-order valence-corrected chi connectivity index (χ2v) is 3.26. The summed E-state index contributed by atoms with van der Waals surface area (Å²) < 4.78 is 0. The number of hydrogen-bond acceptors (Lipinski definition) is 5. The number of carbonyl (C=O) groups is 3. The predicted octanol–water partition coefficient (Wildman–Crippen LogP) is -1.22. The molecule has 5 N–H and O–H groups in total. The highest BCUT2D eigenvalue weighted by molar-refractivity contribution is 6.27. The number of rotatable bonds is 5. The lowest BCUT2D eigenvalue weighted by molar-refractivity contribution is -0.159. The Labute approximate surface area is 99.4 Å². The molecule has 0 aliphatic heterocycles. The molecule has 100 valence electrons. The zero-order valence-electron chi connectivity index (χ0n) is 10.1. The third-order valence-electron chi connectivity index (χ3n) is 1.29. The zero-order valence-corrected chi connectivity index (χ0v) is 10.1. The number of nitrogens with one attached hydrogen (secondary N) is 3. The van der Waals surface area contributed by atoms with Gasteiger partial charge in [-0.1, -0.05) is 0 Å². The van der Waals surface area contributed by atoms with Crippen molar-refractivity contribution in [1.82, 2.24) is 16.2 Å².